The quantitative estimate of drug-likeness (QED) is 0.868. The maximum absolute atomic E-state index is 12.3. The minimum Gasteiger partial charge on any atom is -0.397 e. The van der Waals surface area contributed by atoms with Gasteiger partial charge in [0.1, 0.15) is 9.71 Å². The number of hydrogen-bond donors (Lipinski definition) is 1. The molecular weight excluding hydrogens is 348 g/mol. The maximum Gasteiger partial charge on any atom is 0.265 e. The third-order valence-corrected chi connectivity index (χ3v) is 6.30. The molecule has 0 aliphatic carbocycles. The molecule has 0 unspecified atom stereocenters. The number of carbonyl (C=O) groups is 1. The van der Waals surface area contributed by atoms with E-state index in [1.807, 2.05) is 6.07 Å². The van der Waals surface area contributed by atoms with Crippen molar-refractivity contribution in [3.63, 3.8) is 0 Å². The fraction of sp³-hybridized carbons (Fsp3) is 0.579. The molecule has 0 saturated carbocycles. The van der Waals surface area contributed by atoms with E-state index in [0.29, 0.717) is 10.6 Å². The lowest BCUT2D eigenvalue weighted by atomic mass is 9.78. The fourth-order valence-corrected chi connectivity index (χ4v) is 4.78. The van der Waals surface area contributed by atoms with Gasteiger partial charge in [0.15, 0.2) is 0 Å². The van der Waals surface area contributed by atoms with Crippen LogP contribution >= 0.6 is 11.3 Å². The summed E-state index contributed by atoms with van der Waals surface area (Å²) >= 11 is 1.39. The van der Waals surface area contributed by atoms with E-state index in [1.54, 1.807) is 26.1 Å². The molecule has 0 spiro atoms. The van der Waals surface area contributed by atoms with E-state index in [4.69, 9.17) is 15.5 Å². The van der Waals surface area contributed by atoms with E-state index in [9.17, 15) is 4.79 Å². The van der Waals surface area contributed by atoms with Crippen LogP contribution in [-0.2, 0) is 10.2 Å². The number of fused-ring (bicyclic) bond motifs is 1. The number of ether oxygens (including phenoxy) is 1. The van der Waals surface area contributed by atoms with Gasteiger partial charge in [0.05, 0.1) is 12.3 Å². The fourth-order valence-electron chi connectivity index (χ4n) is 3.66. The van der Waals surface area contributed by atoms with E-state index in [-0.39, 0.29) is 11.3 Å². The Morgan fingerprint density at radius 3 is 2.92 bits per heavy atom. The zero-order valence-corrected chi connectivity index (χ0v) is 16.9. The predicted octanol–water partition coefficient (Wildman–Crippen LogP) is 2.58. The monoisotopic (exact) mass is 376 g/mol. The zero-order chi connectivity index (χ0) is 18.9. The highest BCUT2D eigenvalue weighted by molar-refractivity contribution is 7.21. The van der Waals surface area contributed by atoms with Crippen LogP contribution in [0.25, 0.3) is 10.2 Å². The standard InChI is InChI=1S/C19H28N4O2S/c1-19(8-5-9-23(12-19)10-11-25-4)14-7-6-13-15(20)16(18(24)22(2)3)26-17(13)21-14/h6-7H,5,8-12,20H2,1-4H3/t19-/m1/s1. The third kappa shape index (κ3) is 3.56. The van der Waals surface area contributed by atoms with Gasteiger partial charge in [-0.15, -0.1) is 11.3 Å². The summed E-state index contributed by atoms with van der Waals surface area (Å²) in [6.07, 6.45) is 2.26. The number of hydrogen-bond acceptors (Lipinski definition) is 6. The third-order valence-electron chi connectivity index (χ3n) is 5.20. The number of nitrogens with zero attached hydrogens (tertiary/aromatic N) is 3. The van der Waals surface area contributed by atoms with Crippen LogP contribution < -0.4 is 5.73 Å². The largest absolute Gasteiger partial charge is 0.397 e. The molecule has 1 amide bonds. The number of aromatic nitrogens is 1. The Bertz CT molecular complexity index is 804. The minimum absolute atomic E-state index is 0.00462. The van der Waals surface area contributed by atoms with Gasteiger partial charge < -0.3 is 20.3 Å². The van der Waals surface area contributed by atoms with Crippen molar-refractivity contribution in [2.24, 2.45) is 0 Å². The number of piperidine rings is 1. The molecule has 2 aromatic heterocycles. The van der Waals surface area contributed by atoms with Crippen LogP contribution in [0.15, 0.2) is 12.1 Å². The SMILES string of the molecule is COCCN1CCC[C@@](C)(c2ccc3c(N)c(C(=O)N(C)C)sc3n2)C1. The van der Waals surface area contributed by atoms with Gasteiger partial charge in [0, 0.05) is 50.8 Å². The molecule has 2 N–H and O–H groups in total. The lowest BCUT2D eigenvalue weighted by Crippen LogP contribution is -2.45. The summed E-state index contributed by atoms with van der Waals surface area (Å²) in [5.74, 6) is -0.0679. The summed E-state index contributed by atoms with van der Waals surface area (Å²) in [5.41, 5.74) is 7.84. The lowest BCUT2D eigenvalue weighted by Gasteiger charge is -2.40. The highest BCUT2D eigenvalue weighted by Gasteiger charge is 2.34. The number of rotatable bonds is 5. The summed E-state index contributed by atoms with van der Waals surface area (Å²) < 4.78 is 5.23. The van der Waals surface area contributed by atoms with Crippen molar-refractivity contribution in [2.75, 3.05) is 53.2 Å². The molecule has 1 aliphatic heterocycles. The molecule has 26 heavy (non-hydrogen) atoms. The average molecular weight is 377 g/mol. The Morgan fingerprint density at radius 2 is 2.23 bits per heavy atom. The van der Waals surface area contributed by atoms with Crippen LogP contribution in [0.4, 0.5) is 5.69 Å². The number of pyridine rings is 1. The number of nitrogen functional groups attached to an aromatic ring is 1. The zero-order valence-electron chi connectivity index (χ0n) is 16.0. The van der Waals surface area contributed by atoms with Crippen LogP contribution in [0, 0.1) is 0 Å². The molecule has 2 aromatic rings. The molecule has 142 valence electrons. The van der Waals surface area contributed by atoms with Gasteiger partial charge in [-0.1, -0.05) is 6.92 Å². The first kappa shape index (κ1) is 19.1. The summed E-state index contributed by atoms with van der Waals surface area (Å²) in [7, 11) is 5.22. The van der Waals surface area contributed by atoms with Gasteiger partial charge in [0.25, 0.3) is 5.91 Å². The first-order valence-electron chi connectivity index (χ1n) is 8.98. The number of likely N-dealkylation sites (tertiary alicyclic amines) is 1. The van der Waals surface area contributed by atoms with Crippen LogP contribution in [-0.4, -0.2) is 68.1 Å². The molecule has 0 bridgehead atoms. The van der Waals surface area contributed by atoms with Crippen molar-refractivity contribution in [1.82, 2.24) is 14.8 Å². The van der Waals surface area contributed by atoms with Gasteiger partial charge in [-0.25, -0.2) is 4.98 Å². The van der Waals surface area contributed by atoms with Crippen molar-refractivity contribution < 1.29 is 9.53 Å². The molecule has 1 saturated heterocycles. The number of thiophene rings is 1. The Balaban J connectivity index is 1.92. The van der Waals surface area contributed by atoms with E-state index >= 15 is 0 Å². The Morgan fingerprint density at radius 1 is 1.46 bits per heavy atom. The summed E-state index contributed by atoms with van der Waals surface area (Å²) in [6, 6.07) is 4.10. The van der Waals surface area contributed by atoms with Gasteiger partial charge >= 0.3 is 0 Å². The second-order valence-electron chi connectivity index (χ2n) is 7.53. The highest BCUT2D eigenvalue weighted by Crippen LogP contribution is 2.37. The summed E-state index contributed by atoms with van der Waals surface area (Å²) in [4.78, 5) is 22.7. The van der Waals surface area contributed by atoms with Crippen LogP contribution in [0.5, 0.6) is 0 Å². The van der Waals surface area contributed by atoms with E-state index in [2.05, 4.69) is 17.9 Å². The van der Waals surface area contributed by atoms with Crippen LogP contribution in [0.3, 0.4) is 0 Å². The highest BCUT2D eigenvalue weighted by atomic mass is 32.1. The summed E-state index contributed by atoms with van der Waals surface area (Å²) in [6.45, 7) is 6.05. The van der Waals surface area contributed by atoms with Gasteiger partial charge in [-0.05, 0) is 31.5 Å². The maximum atomic E-state index is 12.3. The van der Waals surface area contributed by atoms with Crippen molar-refractivity contribution in [3.05, 3.63) is 22.7 Å². The lowest BCUT2D eigenvalue weighted by molar-refractivity contribution is 0.0833. The Kier molecular flexibility index (Phi) is 5.50. The minimum atomic E-state index is -0.0679. The second-order valence-corrected chi connectivity index (χ2v) is 8.53. The van der Waals surface area contributed by atoms with Crippen molar-refractivity contribution in [3.8, 4) is 0 Å². The van der Waals surface area contributed by atoms with Crippen molar-refractivity contribution in [1.29, 1.82) is 0 Å². The van der Waals surface area contributed by atoms with E-state index in [1.165, 1.54) is 11.3 Å². The molecular formula is C19H28N4O2S. The number of nitrogens with two attached hydrogens (primary N) is 1. The number of anilines is 1. The van der Waals surface area contributed by atoms with Crippen LogP contribution in [0.2, 0.25) is 0 Å². The molecule has 7 heteroatoms. The first-order chi connectivity index (χ1) is 12.4. The number of methoxy groups -OCH3 is 1. The molecule has 3 heterocycles. The topological polar surface area (TPSA) is 71.7 Å². The second kappa shape index (κ2) is 7.50. The number of carbonyl (C=O) groups excluding carboxylic acids is 1. The van der Waals surface area contributed by atoms with E-state index in [0.717, 1.165) is 55.0 Å². The molecule has 0 radical (unpaired) electrons. The molecule has 1 atom stereocenters. The number of amides is 1. The van der Waals surface area contributed by atoms with Gasteiger partial charge in [0.2, 0.25) is 0 Å². The van der Waals surface area contributed by atoms with E-state index < -0.39 is 0 Å². The first-order valence-corrected chi connectivity index (χ1v) is 9.80. The van der Waals surface area contributed by atoms with Gasteiger partial charge in [-0.3, -0.25) is 4.79 Å². The van der Waals surface area contributed by atoms with Gasteiger partial charge in [-0.2, -0.15) is 0 Å². The Labute approximate surface area is 158 Å². The molecule has 0 aromatic carbocycles. The van der Waals surface area contributed by atoms with Crippen molar-refractivity contribution in [2.45, 2.75) is 25.2 Å². The predicted molar refractivity (Wildman–Crippen MR) is 107 cm³/mol. The molecule has 1 aliphatic rings. The molecule has 1 fully saturated rings. The smallest absolute Gasteiger partial charge is 0.265 e. The Hall–Kier alpha value is -1.70. The van der Waals surface area contributed by atoms with Crippen molar-refractivity contribution >= 4 is 33.1 Å². The summed E-state index contributed by atoms with van der Waals surface area (Å²) in [5, 5.41) is 0.875. The molecule has 3 rings (SSSR count). The molecule has 6 nitrogen and oxygen atoms in total. The normalized spacial score (nSPS) is 21.2. The van der Waals surface area contributed by atoms with Crippen LogP contribution in [0.1, 0.15) is 35.1 Å². The average Bonchev–Trinajstić information content (AvgIpc) is 2.95.